The molecule has 108 valence electrons. The van der Waals surface area contributed by atoms with Crippen molar-refractivity contribution in [1.29, 1.82) is 0 Å². The van der Waals surface area contributed by atoms with Gasteiger partial charge in [-0.3, -0.25) is 4.72 Å². The van der Waals surface area contributed by atoms with Gasteiger partial charge in [-0.05, 0) is 30.2 Å². The van der Waals surface area contributed by atoms with Gasteiger partial charge >= 0.3 is 0 Å². The average molecular weight is 306 g/mol. The zero-order valence-electron chi connectivity index (χ0n) is 10.7. The number of pyridine rings is 1. The largest absolute Gasteiger partial charge is 0.384 e. The van der Waals surface area contributed by atoms with E-state index in [1.54, 1.807) is 12.1 Å². The van der Waals surface area contributed by atoms with Crippen LogP contribution >= 0.6 is 0 Å². The minimum absolute atomic E-state index is 0.0167. The smallest absolute Gasteiger partial charge is 0.265 e. The maximum atomic E-state index is 13.5. The van der Waals surface area contributed by atoms with E-state index in [2.05, 4.69) is 21.5 Å². The maximum absolute atomic E-state index is 13.5. The predicted molar refractivity (Wildman–Crippen MR) is 75.4 cm³/mol. The second-order valence-corrected chi connectivity index (χ2v) is 5.55. The molecule has 0 fully saturated rings. The van der Waals surface area contributed by atoms with E-state index in [1.807, 2.05) is 0 Å². The fourth-order valence-corrected chi connectivity index (χ4v) is 2.63. The van der Waals surface area contributed by atoms with Crippen molar-refractivity contribution in [3.63, 3.8) is 0 Å². The van der Waals surface area contributed by atoms with Crippen molar-refractivity contribution in [2.24, 2.45) is 0 Å². The number of anilines is 1. The molecule has 0 aliphatic carbocycles. The first kappa shape index (κ1) is 15.0. The van der Waals surface area contributed by atoms with Crippen molar-refractivity contribution < 1.29 is 17.9 Å². The van der Waals surface area contributed by atoms with Crippen molar-refractivity contribution >= 4 is 15.8 Å². The quantitative estimate of drug-likeness (QED) is 0.839. The summed E-state index contributed by atoms with van der Waals surface area (Å²) in [6.45, 7) is -0.327. The van der Waals surface area contributed by atoms with Gasteiger partial charge in [0.25, 0.3) is 10.0 Å². The molecule has 2 aromatic rings. The number of benzene rings is 1. The summed E-state index contributed by atoms with van der Waals surface area (Å²) in [5.41, 5.74) is 0.290. The molecule has 0 radical (unpaired) electrons. The van der Waals surface area contributed by atoms with E-state index in [9.17, 15) is 12.8 Å². The van der Waals surface area contributed by atoms with E-state index in [-0.39, 0.29) is 18.1 Å². The minimum Gasteiger partial charge on any atom is -0.384 e. The van der Waals surface area contributed by atoms with Crippen LogP contribution in [0.15, 0.2) is 47.4 Å². The molecular formula is C14H11FN2O3S. The van der Waals surface area contributed by atoms with E-state index >= 15 is 0 Å². The molecule has 2 rings (SSSR count). The van der Waals surface area contributed by atoms with Crippen molar-refractivity contribution in [1.82, 2.24) is 4.98 Å². The topological polar surface area (TPSA) is 79.3 Å². The lowest BCUT2D eigenvalue weighted by Crippen LogP contribution is -2.15. The molecule has 1 aromatic heterocycles. The van der Waals surface area contributed by atoms with Crippen LogP contribution in [-0.2, 0) is 10.0 Å². The second kappa shape index (κ2) is 6.35. The van der Waals surface area contributed by atoms with E-state index in [0.29, 0.717) is 0 Å². The zero-order chi connectivity index (χ0) is 15.3. The lowest BCUT2D eigenvalue weighted by molar-refractivity contribution is 0.350. The van der Waals surface area contributed by atoms with Gasteiger partial charge in [0.2, 0.25) is 0 Å². The number of hydrogen-bond donors (Lipinski definition) is 2. The van der Waals surface area contributed by atoms with Crippen molar-refractivity contribution in [2.75, 3.05) is 11.3 Å². The Hall–Kier alpha value is -2.43. The van der Waals surface area contributed by atoms with Crippen molar-refractivity contribution in [3.8, 4) is 11.8 Å². The molecule has 5 nitrogen and oxygen atoms in total. The lowest BCUT2D eigenvalue weighted by atomic mass is 10.3. The Balaban J connectivity index is 2.31. The highest BCUT2D eigenvalue weighted by atomic mass is 32.2. The maximum Gasteiger partial charge on any atom is 0.265 e. The third-order valence-corrected chi connectivity index (χ3v) is 3.80. The van der Waals surface area contributed by atoms with Crippen LogP contribution in [0.3, 0.4) is 0 Å². The minimum atomic E-state index is -4.07. The van der Waals surface area contributed by atoms with Gasteiger partial charge in [-0.2, -0.15) is 0 Å². The number of sulfonamides is 1. The van der Waals surface area contributed by atoms with E-state index in [1.165, 1.54) is 18.2 Å². The SMILES string of the molecule is O=S(=O)(Nc1cccc(C#CCO)n1)c1ccccc1F. The molecule has 0 unspecified atom stereocenters. The summed E-state index contributed by atoms with van der Waals surface area (Å²) in [4.78, 5) is 3.49. The summed E-state index contributed by atoms with van der Waals surface area (Å²) >= 11 is 0. The van der Waals surface area contributed by atoms with Crippen LogP contribution in [0.1, 0.15) is 5.69 Å². The molecule has 1 aromatic carbocycles. The van der Waals surface area contributed by atoms with Crippen LogP contribution in [0.2, 0.25) is 0 Å². The molecule has 7 heteroatoms. The van der Waals surface area contributed by atoms with Crippen LogP contribution in [-0.4, -0.2) is 25.1 Å². The molecular weight excluding hydrogens is 295 g/mol. The normalized spacial score (nSPS) is 10.6. The van der Waals surface area contributed by atoms with Gasteiger partial charge in [0.15, 0.2) is 0 Å². The fraction of sp³-hybridized carbons (Fsp3) is 0.0714. The van der Waals surface area contributed by atoms with Crippen LogP contribution in [0.25, 0.3) is 0 Å². The standard InChI is InChI=1S/C14H11FN2O3S/c15-12-7-1-2-8-13(12)21(19,20)17-14-9-3-5-11(16-14)6-4-10-18/h1-3,5,7-9,18H,10H2,(H,16,17). The third-order valence-electron chi connectivity index (χ3n) is 2.41. The van der Waals surface area contributed by atoms with Crippen molar-refractivity contribution in [3.05, 3.63) is 54.0 Å². The summed E-state index contributed by atoms with van der Waals surface area (Å²) in [6, 6.07) is 9.57. The van der Waals surface area contributed by atoms with Crippen LogP contribution in [0, 0.1) is 17.7 Å². The Morgan fingerprint density at radius 2 is 1.95 bits per heavy atom. The number of aliphatic hydroxyl groups excluding tert-OH is 1. The molecule has 0 bridgehead atoms. The summed E-state index contributed by atoms with van der Waals surface area (Å²) < 4.78 is 39.9. The zero-order valence-corrected chi connectivity index (χ0v) is 11.6. The van der Waals surface area contributed by atoms with Crippen LogP contribution < -0.4 is 4.72 Å². The molecule has 1 heterocycles. The Bertz CT molecular complexity index is 810. The van der Waals surface area contributed by atoms with Gasteiger partial charge in [0.1, 0.15) is 28.8 Å². The summed E-state index contributed by atoms with van der Waals surface area (Å²) in [7, 11) is -4.07. The number of hydrogen-bond acceptors (Lipinski definition) is 4. The molecule has 0 atom stereocenters. The molecule has 0 aliphatic rings. The van der Waals surface area contributed by atoms with Gasteiger partial charge in [-0.1, -0.05) is 24.1 Å². The molecule has 0 amide bonds. The fourth-order valence-electron chi connectivity index (χ4n) is 1.55. The molecule has 0 saturated carbocycles. The molecule has 21 heavy (non-hydrogen) atoms. The number of nitrogens with one attached hydrogen (secondary N) is 1. The van der Waals surface area contributed by atoms with Gasteiger partial charge in [0, 0.05) is 0 Å². The monoisotopic (exact) mass is 306 g/mol. The van der Waals surface area contributed by atoms with Crippen LogP contribution in [0.5, 0.6) is 0 Å². The molecule has 0 saturated heterocycles. The first-order chi connectivity index (χ1) is 10.0. The Labute approximate surface area is 121 Å². The highest BCUT2D eigenvalue weighted by Gasteiger charge is 2.18. The van der Waals surface area contributed by atoms with Gasteiger partial charge in [-0.25, -0.2) is 17.8 Å². The van der Waals surface area contributed by atoms with E-state index < -0.39 is 20.7 Å². The second-order valence-electron chi connectivity index (χ2n) is 3.90. The number of halogens is 1. The van der Waals surface area contributed by atoms with Gasteiger partial charge < -0.3 is 5.11 Å². The lowest BCUT2D eigenvalue weighted by Gasteiger charge is -2.08. The van der Waals surface area contributed by atoms with Gasteiger partial charge in [0.05, 0.1) is 0 Å². The molecule has 0 aliphatic heterocycles. The first-order valence-electron chi connectivity index (χ1n) is 5.87. The highest BCUT2D eigenvalue weighted by Crippen LogP contribution is 2.17. The van der Waals surface area contributed by atoms with Gasteiger partial charge in [-0.15, -0.1) is 0 Å². The Kier molecular flexibility index (Phi) is 4.52. The van der Waals surface area contributed by atoms with Crippen molar-refractivity contribution in [2.45, 2.75) is 4.90 Å². The Morgan fingerprint density at radius 3 is 2.67 bits per heavy atom. The van der Waals surface area contributed by atoms with E-state index in [0.717, 1.165) is 12.1 Å². The number of rotatable bonds is 3. The molecule has 2 N–H and O–H groups in total. The number of aromatic nitrogens is 1. The molecule has 0 spiro atoms. The number of aliphatic hydroxyl groups is 1. The predicted octanol–water partition coefficient (Wildman–Crippen LogP) is 1.37. The Morgan fingerprint density at radius 1 is 1.19 bits per heavy atom. The first-order valence-corrected chi connectivity index (χ1v) is 7.35. The summed E-state index contributed by atoms with van der Waals surface area (Å²) in [5.74, 6) is 4.12. The van der Waals surface area contributed by atoms with Crippen LogP contribution in [0.4, 0.5) is 10.2 Å². The highest BCUT2D eigenvalue weighted by molar-refractivity contribution is 7.92. The summed E-state index contributed by atoms with van der Waals surface area (Å²) in [5, 5.41) is 8.61. The average Bonchev–Trinajstić information content (AvgIpc) is 2.45. The summed E-state index contributed by atoms with van der Waals surface area (Å²) in [6.07, 6.45) is 0. The third kappa shape index (κ3) is 3.78. The number of nitrogens with zero attached hydrogens (tertiary/aromatic N) is 1. The van der Waals surface area contributed by atoms with E-state index in [4.69, 9.17) is 5.11 Å².